The molecular weight excluding hydrogens is 252 g/mol. The predicted molar refractivity (Wildman–Crippen MR) is 72.3 cm³/mol. The first kappa shape index (κ1) is 22.3. The highest BCUT2D eigenvalue weighted by atomic mass is 16.5. The lowest BCUT2D eigenvalue weighted by Crippen LogP contribution is -2.05. The molecule has 0 atom stereocenters. The molecular formula is C12H24N2O5. The van der Waals surface area contributed by atoms with Crippen molar-refractivity contribution in [3.8, 4) is 0 Å². The maximum absolute atomic E-state index is 10.4. The summed E-state index contributed by atoms with van der Waals surface area (Å²) in [6, 6.07) is 0. The van der Waals surface area contributed by atoms with E-state index < -0.39 is 5.97 Å². The van der Waals surface area contributed by atoms with Crippen molar-refractivity contribution in [3.63, 3.8) is 0 Å². The van der Waals surface area contributed by atoms with Gasteiger partial charge in [0.2, 0.25) is 0 Å². The van der Waals surface area contributed by atoms with Crippen LogP contribution in [0.4, 0.5) is 0 Å². The number of nitrogens with one attached hydrogen (secondary N) is 1. The average molecular weight is 276 g/mol. The van der Waals surface area contributed by atoms with Crippen LogP contribution in [0.2, 0.25) is 0 Å². The SMILES string of the molecule is CN.CN/C(C)=C/C(=O)OC.COC(=O)CC(C)=O. The molecule has 0 rings (SSSR count). The van der Waals surface area contributed by atoms with Crippen molar-refractivity contribution in [2.75, 3.05) is 28.3 Å². The van der Waals surface area contributed by atoms with Crippen LogP contribution in [0.1, 0.15) is 20.3 Å². The predicted octanol–water partition coefficient (Wildman–Crippen LogP) is -0.00400. The Hall–Kier alpha value is -1.89. The number of carbonyl (C=O) groups excluding carboxylic acids is 3. The summed E-state index contributed by atoms with van der Waals surface area (Å²) in [7, 11) is 5.85. The third-order valence-corrected chi connectivity index (χ3v) is 1.55. The quantitative estimate of drug-likeness (QED) is 0.422. The van der Waals surface area contributed by atoms with Crippen molar-refractivity contribution in [2.45, 2.75) is 20.3 Å². The molecule has 0 saturated carbocycles. The Bertz CT molecular complexity index is 300. The van der Waals surface area contributed by atoms with Gasteiger partial charge in [0.15, 0.2) is 0 Å². The first-order chi connectivity index (χ1) is 8.87. The van der Waals surface area contributed by atoms with E-state index in [4.69, 9.17) is 0 Å². The lowest BCUT2D eigenvalue weighted by Gasteiger charge is -1.95. The smallest absolute Gasteiger partial charge is 0.332 e. The fourth-order valence-electron chi connectivity index (χ4n) is 0.583. The molecule has 0 radical (unpaired) electrons. The monoisotopic (exact) mass is 276 g/mol. The van der Waals surface area contributed by atoms with E-state index in [0.717, 1.165) is 5.70 Å². The molecule has 0 amide bonds. The van der Waals surface area contributed by atoms with Gasteiger partial charge in [0.25, 0.3) is 0 Å². The molecule has 0 fully saturated rings. The third kappa shape index (κ3) is 21.9. The van der Waals surface area contributed by atoms with Gasteiger partial charge < -0.3 is 20.5 Å². The maximum atomic E-state index is 10.4. The number of nitrogens with two attached hydrogens (primary N) is 1. The summed E-state index contributed by atoms with van der Waals surface area (Å²) in [5.74, 6) is -0.976. The number of ketones is 1. The molecule has 19 heavy (non-hydrogen) atoms. The zero-order valence-corrected chi connectivity index (χ0v) is 12.4. The van der Waals surface area contributed by atoms with Crippen molar-refractivity contribution in [1.29, 1.82) is 0 Å². The van der Waals surface area contributed by atoms with Crippen LogP contribution in [-0.2, 0) is 23.9 Å². The molecule has 112 valence electrons. The van der Waals surface area contributed by atoms with Gasteiger partial charge in [0.1, 0.15) is 12.2 Å². The van der Waals surface area contributed by atoms with Gasteiger partial charge in [-0.05, 0) is 20.9 Å². The minimum absolute atomic E-state index is 0.115. The van der Waals surface area contributed by atoms with Gasteiger partial charge in [-0.15, -0.1) is 0 Å². The Morgan fingerprint density at radius 1 is 1.11 bits per heavy atom. The van der Waals surface area contributed by atoms with E-state index >= 15 is 0 Å². The molecule has 0 heterocycles. The standard InChI is InChI=1S/C6H11NO2.C5H8O3.CH5N/c1-5(7-2)4-6(8)9-3;1-4(6)3-5(7)8-2;1-2/h4,7H,1-3H3;3H2,1-2H3;2H2,1H3/b5-4+;;. The molecule has 0 aliphatic carbocycles. The Balaban J connectivity index is -0.000000239. The summed E-state index contributed by atoms with van der Waals surface area (Å²) in [5.41, 5.74) is 5.29. The van der Waals surface area contributed by atoms with Crippen LogP contribution < -0.4 is 11.1 Å². The van der Waals surface area contributed by atoms with Crippen molar-refractivity contribution >= 4 is 17.7 Å². The molecule has 7 heteroatoms. The normalized spacial score (nSPS) is 8.89. The van der Waals surface area contributed by atoms with Crippen LogP contribution in [0.25, 0.3) is 0 Å². The molecule has 0 aromatic carbocycles. The summed E-state index contributed by atoms with van der Waals surface area (Å²) < 4.78 is 8.57. The van der Waals surface area contributed by atoms with E-state index in [2.05, 4.69) is 20.5 Å². The minimum Gasteiger partial charge on any atom is -0.469 e. The molecule has 0 spiro atoms. The number of rotatable bonds is 4. The average Bonchev–Trinajstić information content (AvgIpc) is 2.40. The number of hydrogen-bond acceptors (Lipinski definition) is 7. The van der Waals surface area contributed by atoms with E-state index in [-0.39, 0.29) is 18.2 Å². The van der Waals surface area contributed by atoms with Gasteiger partial charge in [-0.25, -0.2) is 4.79 Å². The molecule has 0 aliphatic rings. The van der Waals surface area contributed by atoms with Gasteiger partial charge in [0, 0.05) is 18.8 Å². The second-order valence-corrected chi connectivity index (χ2v) is 3.06. The molecule has 0 aromatic rings. The van der Waals surface area contributed by atoms with Gasteiger partial charge in [0.05, 0.1) is 14.2 Å². The van der Waals surface area contributed by atoms with E-state index in [0.29, 0.717) is 0 Å². The molecule has 0 aliphatic heterocycles. The minimum atomic E-state index is -0.475. The lowest BCUT2D eigenvalue weighted by molar-refractivity contribution is -0.143. The Labute approximate surface area is 114 Å². The van der Waals surface area contributed by atoms with E-state index in [1.54, 1.807) is 14.0 Å². The van der Waals surface area contributed by atoms with Crippen LogP contribution in [0.15, 0.2) is 11.8 Å². The number of allylic oxidation sites excluding steroid dienone is 1. The molecule has 0 unspecified atom stereocenters. The van der Waals surface area contributed by atoms with Gasteiger partial charge in [-0.2, -0.15) is 0 Å². The first-order valence-corrected chi connectivity index (χ1v) is 5.45. The van der Waals surface area contributed by atoms with Crippen LogP contribution >= 0.6 is 0 Å². The highest BCUT2D eigenvalue weighted by Gasteiger charge is 2.01. The summed E-state index contributed by atoms with van der Waals surface area (Å²) in [6.45, 7) is 3.13. The summed E-state index contributed by atoms with van der Waals surface area (Å²) in [6.07, 6.45) is 1.27. The highest BCUT2D eigenvalue weighted by molar-refractivity contribution is 5.93. The number of hydrogen-bond donors (Lipinski definition) is 2. The van der Waals surface area contributed by atoms with E-state index in [1.807, 2.05) is 0 Å². The van der Waals surface area contributed by atoms with Crippen LogP contribution in [0, 0.1) is 0 Å². The fraction of sp³-hybridized carbons (Fsp3) is 0.583. The van der Waals surface area contributed by atoms with Gasteiger partial charge in [-0.3, -0.25) is 9.59 Å². The number of Topliss-reactive ketones (excluding diaryl/α,β-unsaturated/α-hetero) is 1. The Kier molecular flexibility index (Phi) is 18.9. The van der Waals surface area contributed by atoms with Crippen LogP contribution in [-0.4, -0.2) is 46.0 Å². The molecule has 0 aromatic heterocycles. The molecule has 7 nitrogen and oxygen atoms in total. The highest BCUT2D eigenvalue weighted by Crippen LogP contribution is 1.85. The van der Waals surface area contributed by atoms with Crippen LogP contribution in [0.3, 0.4) is 0 Å². The topological polar surface area (TPSA) is 108 Å². The molecule has 3 N–H and O–H groups in total. The lowest BCUT2D eigenvalue weighted by atomic mass is 10.3. The zero-order valence-electron chi connectivity index (χ0n) is 12.4. The van der Waals surface area contributed by atoms with Crippen molar-refractivity contribution in [2.24, 2.45) is 5.73 Å². The van der Waals surface area contributed by atoms with Crippen molar-refractivity contribution < 1.29 is 23.9 Å². The van der Waals surface area contributed by atoms with Crippen molar-refractivity contribution in [1.82, 2.24) is 5.32 Å². The first-order valence-electron chi connectivity index (χ1n) is 5.45. The van der Waals surface area contributed by atoms with Gasteiger partial charge in [-0.1, -0.05) is 0 Å². The largest absolute Gasteiger partial charge is 0.469 e. The second-order valence-electron chi connectivity index (χ2n) is 3.06. The summed E-state index contributed by atoms with van der Waals surface area (Å²) in [5, 5.41) is 2.79. The Morgan fingerprint density at radius 2 is 1.58 bits per heavy atom. The number of ether oxygens (including phenoxy) is 2. The number of carbonyl (C=O) groups is 3. The maximum Gasteiger partial charge on any atom is 0.332 e. The second kappa shape index (κ2) is 16.1. The van der Waals surface area contributed by atoms with Crippen molar-refractivity contribution in [3.05, 3.63) is 11.8 Å². The molecule has 0 saturated heterocycles. The molecule has 0 bridgehead atoms. The van der Waals surface area contributed by atoms with E-state index in [9.17, 15) is 14.4 Å². The van der Waals surface area contributed by atoms with Gasteiger partial charge >= 0.3 is 11.9 Å². The van der Waals surface area contributed by atoms with E-state index in [1.165, 1.54) is 34.3 Å². The summed E-state index contributed by atoms with van der Waals surface area (Å²) >= 11 is 0. The number of methoxy groups -OCH3 is 2. The zero-order chi connectivity index (χ0) is 15.8. The third-order valence-electron chi connectivity index (χ3n) is 1.55. The summed E-state index contributed by atoms with van der Waals surface area (Å²) in [4.78, 5) is 30.7. The fourth-order valence-corrected chi connectivity index (χ4v) is 0.583. The number of esters is 2. The van der Waals surface area contributed by atoms with Crippen LogP contribution in [0.5, 0.6) is 0 Å². The Morgan fingerprint density at radius 3 is 1.79 bits per heavy atom.